The highest BCUT2D eigenvalue weighted by molar-refractivity contribution is 7.87. The number of nitro benzene ring substituents is 1. The van der Waals surface area contributed by atoms with Crippen LogP contribution in [0.1, 0.15) is 16.7 Å². The molecule has 0 saturated heterocycles. The molecule has 8 heteroatoms. The molecular formula is C15H14ClNO5S. The first-order valence-corrected chi connectivity index (χ1v) is 8.36. The Morgan fingerprint density at radius 2 is 1.65 bits per heavy atom. The molecular weight excluding hydrogens is 342 g/mol. The lowest BCUT2D eigenvalue weighted by Gasteiger charge is -2.13. The van der Waals surface area contributed by atoms with Crippen LogP contribution in [0.5, 0.6) is 5.75 Å². The summed E-state index contributed by atoms with van der Waals surface area (Å²) < 4.78 is 30.1. The molecule has 6 nitrogen and oxygen atoms in total. The van der Waals surface area contributed by atoms with E-state index in [4.69, 9.17) is 15.8 Å². The first-order chi connectivity index (χ1) is 10.6. The molecule has 2 aromatic rings. The smallest absolute Gasteiger partial charge is 0.339 e. The molecule has 0 spiro atoms. The summed E-state index contributed by atoms with van der Waals surface area (Å²) in [5.74, 6) is -0.156. The number of aryl methyl sites for hydroxylation is 3. The van der Waals surface area contributed by atoms with E-state index in [1.54, 1.807) is 26.0 Å². The van der Waals surface area contributed by atoms with Crippen LogP contribution in [-0.4, -0.2) is 13.3 Å². The normalized spacial score (nSPS) is 11.3. The minimum atomic E-state index is -4.10. The minimum absolute atomic E-state index is 0.0671. The topological polar surface area (TPSA) is 86.5 Å². The van der Waals surface area contributed by atoms with Crippen LogP contribution < -0.4 is 4.18 Å². The van der Waals surface area contributed by atoms with Gasteiger partial charge in [0.15, 0.2) is 5.75 Å². The number of nitrogens with zero attached hydrogens (tertiary/aromatic N) is 1. The number of non-ortho nitro benzene ring substituents is 1. The van der Waals surface area contributed by atoms with E-state index in [0.717, 1.165) is 23.8 Å². The number of hydrogen-bond acceptors (Lipinski definition) is 5. The van der Waals surface area contributed by atoms with Crippen molar-refractivity contribution in [2.75, 3.05) is 0 Å². The summed E-state index contributed by atoms with van der Waals surface area (Å²) in [4.78, 5) is 10.1. The summed E-state index contributed by atoms with van der Waals surface area (Å²) >= 11 is 5.88. The Bertz CT molecular complexity index is 870. The van der Waals surface area contributed by atoms with E-state index in [1.807, 2.05) is 6.92 Å². The summed E-state index contributed by atoms with van der Waals surface area (Å²) in [6.07, 6.45) is 0. The van der Waals surface area contributed by atoms with Gasteiger partial charge in [0.05, 0.1) is 9.95 Å². The second-order valence-electron chi connectivity index (χ2n) is 5.14. The molecule has 0 aliphatic carbocycles. The van der Waals surface area contributed by atoms with Crippen molar-refractivity contribution in [3.8, 4) is 5.75 Å². The second-order valence-corrected chi connectivity index (χ2v) is 7.03. The third-order valence-corrected chi connectivity index (χ3v) is 5.02. The van der Waals surface area contributed by atoms with Crippen molar-refractivity contribution in [1.82, 2.24) is 0 Å². The molecule has 122 valence electrons. The van der Waals surface area contributed by atoms with Gasteiger partial charge in [0.25, 0.3) is 5.69 Å². The van der Waals surface area contributed by atoms with Crippen molar-refractivity contribution in [1.29, 1.82) is 0 Å². The Morgan fingerprint density at radius 3 is 2.13 bits per heavy atom. The van der Waals surface area contributed by atoms with Gasteiger partial charge in [0, 0.05) is 12.1 Å². The molecule has 0 saturated carbocycles. The molecule has 0 radical (unpaired) electrons. The van der Waals surface area contributed by atoms with Crippen LogP contribution in [-0.2, 0) is 10.1 Å². The number of halogens is 1. The number of rotatable bonds is 4. The molecule has 0 amide bonds. The molecule has 2 aromatic carbocycles. The molecule has 2 rings (SSSR count). The zero-order valence-electron chi connectivity index (χ0n) is 12.7. The summed E-state index contributed by atoms with van der Waals surface area (Å²) in [6, 6.07) is 6.81. The Hall–Kier alpha value is -2.12. The minimum Gasteiger partial charge on any atom is -0.377 e. The fourth-order valence-electron chi connectivity index (χ4n) is 2.39. The van der Waals surface area contributed by atoms with Crippen LogP contribution in [0.15, 0.2) is 35.2 Å². The first-order valence-electron chi connectivity index (χ1n) is 6.58. The molecule has 0 aliphatic heterocycles. The van der Waals surface area contributed by atoms with Gasteiger partial charge >= 0.3 is 10.1 Å². The summed E-state index contributed by atoms with van der Waals surface area (Å²) in [5.41, 5.74) is 1.80. The van der Waals surface area contributed by atoms with Gasteiger partial charge in [-0.2, -0.15) is 8.42 Å². The standard InChI is InChI=1S/C15H14ClNO5S/c1-9-6-10(2)15(11(3)7-9)23(20,21)22-14-5-4-12(17(18)19)8-13(14)16/h4-8H,1-3H3. The largest absolute Gasteiger partial charge is 0.377 e. The lowest BCUT2D eigenvalue weighted by Crippen LogP contribution is -2.13. The summed E-state index contributed by atoms with van der Waals surface area (Å²) in [6.45, 7) is 5.21. The van der Waals surface area contributed by atoms with Gasteiger partial charge in [-0.25, -0.2) is 0 Å². The average Bonchev–Trinajstić information content (AvgIpc) is 2.38. The van der Waals surface area contributed by atoms with Gasteiger partial charge < -0.3 is 4.18 Å². The molecule has 0 aromatic heterocycles. The fraction of sp³-hybridized carbons (Fsp3) is 0.200. The number of nitro groups is 1. The van der Waals surface area contributed by atoms with Crippen molar-refractivity contribution >= 4 is 27.4 Å². The van der Waals surface area contributed by atoms with Crippen molar-refractivity contribution in [2.45, 2.75) is 25.7 Å². The lowest BCUT2D eigenvalue weighted by molar-refractivity contribution is -0.384. The highest BCUT2D eigenvalue weighted by atomic mass is 35.5. The van der Waals surface area contributed by atoms with E-state index in [2.05, 4.69) is 0 Å². The van der Waals surface area contributed by atoms with Gasteiger partial charge in [-0.05, 0) is 38.0 Å². The van der Waals surface area contributed by atoms with E-state index in [0.29, 0.717) is 11.1 Å². The summed E-state index contributed by atoms with van der Waals surface area (Å²) in [5, 5.41) is 10.5. The third-order valence-electron chi connectivity index (χ3n) is 3.18. The van der Waals surface area contributed by atoms with E-state index < -0.39 is 15.0 Å². The van der Waals surface area contributed by atoms with Crippen LogP contribution in [0.2, 0.25) is 5.02 Å². The molecule has 0 heterocycles. The fourth-order valence-corrected chi connectivity index (χ4v) is 4.02. The van der Waals surface area contributed by atoms with Gasteiger partial charge in [-0.15, -0.1) is 0 Å². The molecule has 0 bridgehead atoms. The van der Waals surface area contributed by atoms with Crippen molar-refractivity contribution in [3.63, 3.8) is 0 Å². The molecule has 23 heavy (non-hydrogen) atoms. The Labute approximate surface area is 138 Å². The molecule has 0 unspecified atom stereocenters. The maximum Gasteiger partial charge on any atom is 0.339 e. The first kappa shape index (κ1) is 17.2. The van der Waals surface area contributed by atoms with Gasteiger partial charge in [-0.3, -0.25) is 10.1 Å². The number of benzene rings is 2. The quantitative estimate of drug-likeness (QED) is 0.471. The van der Waals surface area contributed by atoms with Crippen LogP contribution in [0.25, 0.3) is 0 Å². The molecule has 0 atom stereocenters. The summed E-state index contributed by atoms with van der Waals surface area (Å²) in [7, 11) is -4.10. The Kier molecular flexibility index (Phi) is 4.63. The van der Waals surface area contributed by atoms with Crippen LogP contribution in [0, 0.1) is 30.9 Å². The third kappa shape index (κ3) is 3.62. The zero-order valence-corrected chi connectivity index (χ0v) is 14.2. The molecule has 0 N–H and O–H groups in total. The lowest BCUT2D eigenvalue weighted by atomic mass is 10.1. The van der Waals surface area contributed by atoms with Crippen molar-refractivity contribution in [3.05, 3.63) is 62.2 Å². The van der Waals surface area contributed by atoms with E-state index in [-0.39, 0.29) is 21.4 Å². The van der Waals surface area contributed by atoms with Crippen LogP contribution in [0.4, 0.5) is 5.69 Å². The van der Waals surface area contributed by atoms with Gasteiger partial charge in [-0.1, -0.05) is 29.3 Å². The second kappa shape index (κ2) is 6.17. The highest BCUT2D eigenvalue weighted by Gasteiger charge is 2.24. The monoisotopic (exact) mass is 355 g/mol. The van der Waals surface area contributed by atoms with Crippen molar-refractivity contribution < 1.29 is 17.5 Å². The van der Waals surface area contributed by atoms with Crippen LogP contribution in [0.3, 0.4) is 0 Å². The predicted molar refractivity (Wildman–Crippen MR) is 86.6 cm³/mol. The highest BCUT2D eigenvalue weighted by Crippen LogP contribution is 2.32. The predicted octanol–water partition coefficient (Wildman–Crippen LogP) is 3.94. The van der Waals surface area contributed by atoms with E-state index >= 15 is 0 Å². The van der Waals surface area contributed by atoms with Gasteiger partial charge in [0.1, 0.15) is 4.90 Å². The van der Waals surface area contributed by atoms with Crippen molar-refractivity contribution in [2.24, 2.45) is 0 Å². The van der Waals surface area contributed by atoms with E-state index in [9.17, 15) is 18.5 Å². The van der Waals surface area contributed by atoms with Gasteiger partial charge in [0.2, 0.25) is 0 Å². The molecule has 0 aliphatic rings. The Balaban J connectivity index is 2.46. The Morgan fingerprint density at radius 1 is 1.09 bits per heavy atom. The van der Waals surface area contributed by atoms with E-state index in [1.165, 1.54) is 0 Å². The maximum atomic E-state index is 12.5. The maximum absolute atomic E-state index is 12.5. The molecule has 0 fully saturated rings. The average molecular weight is 356 g/mol. The zero-order chi connectivity index (χ0) is 17.4. The SMILES string of the molecule is Cc1cc(C)c(S(=O)(=O)Oc2ccc([N+](=O)[O-])cc2Cl)c(C)c1. The number of hydrogen-bond donors (Lipinski definition) is 0. The van der Waals surface area contributed by atoms with Crippen LogP contribution >= 0.6 is 11.6 Å².